The van der Waals surface area contributed by atoms with E-state index in [0.717, 1.165) is 24.5 Å². The van der Waals surface area contributed by atoms with Crippen LogP contribution in [0.4, 0.5) is 11.4 Å². The summed E-state index contributed by atoms with van der Waals surface area (Å²) < 4.78 is 10.8. The topological polar surface area (TPSA) is 68.0 Å². The lowest BCUT2D eigenvalue weighted by atomic mass is 10.1. The Balaban J connectivity index is 1.91. The van der Waals surface area contributed by atoms with Crippen LogP contribution < -0.4 is 15.4 Å². The zero-order valence-electron chi connectivity index (χ0n) is 13.7. The molecule has 6 heteroatoms. The Morgan fingerprint density at radius 3 is 2.48 bits per heavy atom. The van der Waals surface area contributed by atoms with E-state index in [9.17, 15) is 4.79 Å². The van der Waals surface area contributed by atoms with Crippen molar-refractivity contribution in [2.75, 3.05) is 57.1 Å². The molecule has 2 aliphatic rings. The van der Waals surface area contributed by atoms with Crippen LogP contribution in [0.3, 0.4) is 0 Å². The van der Waals surface area contributed by atoms with Crippen LogP contribution in [0.1, 0.15) is 29.6 Å². The smallest absolute Gasteiger partial charge is 0.256 e. The fourth-order valence-electron chi connectivity index (χ4n) is 3.25. The maximum absolute atomic E-state index is 12.8. The van der Waals surface area contributed by atoms with Gasteiger partial charge in [-0.25, -0.2) is 0 Å². The van der Waals surface area contributed by atoms with Crippen molar-refractivity contribution in [2.24, 2.45) is 0 Å². The van der Waals surface area contributed by atoms with E-state index in [0.29, 0.717) is 37.6 Å². The van der Waals surface area contributed by atoms with Crippen LogP contribution in [0, 0.1) is 0 Å². The molecule has 0 bridgehead atoms. The number of carbonyl (C=O) groups excluding carboxylic acids is 1. The molecule has 2 saturated heterocycles. The number of rotatable bonds is 3. The molecule has 0 spiro atoms. The minimum absolute atomic E-state index is 0.0216. The summed E-state index contributed by atoms with van der Waals surface area (Å²) >= 11 is 0. The van der Waals surface area contributed by atoms with Gasteiger partial charge < -0.3 is 25.0 Å². The van der Waals surface area contributed by atoms with Crippen molar-refractivity contribution in [1.29, 1.82) is 0 Å². The molecule has 1 amide bonds. The predicted molar refractivity (Wildman–Crippen MR) is 90.2 cm³/mol. The predicted octanol–water partition coefficient (Wildman–Crippen LogP) is 1.74. The first-order chi connectivity index (χ1) is 11.2. The normalized spacial score (nSPS) is 18.8. The van der Waals surface area contributed by atoms with Crippen LogP contribution in [-0.4, -0.2) is 57.3 Å². The molecule has 2 heterocycles. The lowest BCUT2D eigenvalue weighted by molar-refractivity contribution is 0.0303. The average Bonchev–Trinajstić information content (AvgIpc) is 2.62. The van der Waals surface area contributed by atoms with E-state index in [1.165, 1.54) is 19.3 Å². The Bertz CT molecular complexity index is 564. The summed E-state index contributed by atoms with van der Waals surface area (Å²) in [6, 6.07) is 3.68. The van der Waals surface area contributed by atoms with E-state index in [2.05, 4.69) is 4.90 Å². The Morgan fingerprint density at radius 1 is 1.13 bits per heavy atom. The van der Waals surface area contributed by atoms with Gasteiger partial charge in [0.25, 0.3) is 5.91 Å². The minimum Gasteiger partial charge on any atom is -0.495 e. The van der Waals surface area contributed by atoms with Crippen LogP contribution >= 0.6 is 0 Å². The number of benzene rings is 1. The molecule has 0 atom stereocenters. The summed E-state index contributed by atoms with van der Waals surface area (Å²) in [4.78, 5) is 16.9. The maximum Gasteiger partial charge on any atom is 0.256 e. The molecule has 0 unspecified atom stereocenters. The van der Waals surface area contributed by atoms with Gasteiger partial charge in [0, 0.05) is 37.9 Å². The molecular formula is C17H25N3O3. The van der Waals surface area contributed by atoms with Crippen LogP contribution in [0.25, 0.3) is 0 Å². The van der Waals surface area contributed by atoms with Crippen LogP contribution in [0.15, 0.2) is 12.1 Å². The molecule has 1 aromatic carbocycles. The number of hydrogen-bond acceptors (Lipinski definition) is 5. The van der Waals surface area contributed by atoms with Crippen LogP contribution in [0.2, 0.25) is 0 Å². The number of ether oxygens (including phenoxy) is 2. The second-order valence-electron chi connectivity index (χ2n) is 6.06. The first kappa shape index (κ1) is 15.9. The third kappa shape index (κ3) is 3.37. The minimum atomic E-state index is -0.0216. The van der Waals surface area contributed by atoms with Gasteiger partial charge in [-0.05, 0) is 25.3 Å². The number of amides is 1. The molecule has 126 valence electrons. The zero-order chi connectivity index (χ0) is 16.2. The molecule has 3 rings (SSSR count). The van der Waals surface area contributed by atoms with Gasteiger partial charge in [-0.3, -0.25) is 4.79 Å². The Kier molecular flexibility index (Phi) is 4.91. The monoisotopic (exact) mass is 319 g/mol. The van der Waals surface area contributed by atoms with Gasteiger partial charge in [0.2, 0.25) is 0 Å². The van der Waals surface area contributed by atoms with E-state index < -0.39 is 0 Å². The second kappa shape index (κ2) is 7.08. The molecule has 1 aromatic rings. The zero-order valence-corrected chi connectivity index (χ0v) is 13.7. The quantitative estimate of drug-likeness (QED) is 0.860. The highest BCUT2D eigenvalue weighted by atomic mass is 16.5. The molecule has 0 aliphatic carbocycles. The fourth-order valence-corrected chi connectivity index (χ4v) is 3.25. The van der Waals surface area contributed by atoms with Crippen molar-refractivity contribution in [3.8, 4) is 5.75 Å². The molecule has 0 saturated carbocycles. The molecule has 6 nitrogen and oxygen atoms in total. The van der Waals surface area contributed by atoms with Crippen molar-refractivity contribution in [3.63, 3.8) is 0 Å². The second-order valence-corrected chi connectivity index (χ2v) is 6.06. The van der Waals surface area contributed by atoms with Crippen molar-refractivity contribution in [2.45, 2.75) is 19.3 Å². The summed E-state index contributed by atoms with van der Waals surface area (Å²) in [6.07, 6.45) is 3.59. The molecule has 0 aromatic heterocycles. The van der Waals surface area contributed by atoms with Crippen LogP contribution in [0.5, 0.6) is 5.75 Å². The summed E-state index contributed by atoms with van der Waals surface area (Å²) in [5, 5.41) is 0. The number of carbonyl (C=O) groups is 1. The first-order valence-electron chi connectivity index (χ1n) is 8.30. The van der Waals surface area contributed by atoms with Crippen molar-refractivity contribution >= 4 is 17.3 Å². The van der Waals surface area contributed by atoms with E-state index in [1.807, 2.05) is 11.0 Å². The number of nitrogen functional groups attached to an aromatic ring is 1. The van der Waals surface area contributed by atoms with Crippen LogP contribution in [-0.2, 0) is 4.74 Å². The van der Waals surface area contributed by atoms with Crippen molar-refractivity contribution < 1.29 is 14.3 Å². The number of hydrogen-bond donors (Lipinski definition) is 1. The molecule has 2 aliphatic heterocycles. The summed E-state index contributed by atoms with van der Waals surface area (Å²) in [5.74, 6) is 0.717. The van der Waals surface area contributed by atoms with E-state index in [4.69, 9.17) is 15.2 Å². The number of methoxy groups -OCH3 is 1. The fraction of sp³-hybridized carbons (Fsp3) is 0.588. The molecule has 2 fully saturated rings. The largest absolute Gasteiger partial charge is 0.495 e. The van der Waals surface area contributed by atoms with Gasteiger partial charge in [-0.2, -0.15) is 0 Å². The summed E-state index contributed by atoms with van der Waals surface area (Å²) in [5.41, 5.74) is 8.13. The van der Waals surface area contributed by atoms with Gasteiger partial charge in [0.1, 0.15) is 5.75 Å². The summed E-state index contributed by atoms with van der Waals surface area (Å²) in [6.45, 7) is 4.38. The van der Waals surface area contributed by atoms with E-state index >= 15 is 0 Å². The van der Waals surface area contributed by atoms with Gasteiger partial charge >= 0.3 is 0 Å². The number of piperidine rings is 1. The number of nitrogens with two attached hydrogens (primary N) is 1. The van der Waals surface area contributed by atoms with Crippen molar-refractivity contribution in [3.05, 3.63) is 17.7 Å². The number of anilines is 2. The highest BCUT2D eigenvalue weighted by molar-refractivity contribution is 6.01. The van der Waals surface area contributed by atoms with Crippen molar-refractivity contribution in [1.82, 2.24) is 4.90 Å². The SMILES string of the molecule is COc1cc(N)c(C(=O)N2CCOCC2)cc1N1CCCCC1. The van der Waals surface area contributed by atoms with Gasteiger partial charge in [-0.1, -0.05) is 0 Å². The Morgan fingerprint density at radius 2 is 1.83 bits per heavy atom. The third-order valence-corrected chi connectivity index (χ3v) is 4.58. The number of morpholine rings is 1. The highest BCUT2D eigenvalue weighted by Crippen LogP contribution is 2.35. The Hall–Kier alpha value is -1.95. The molecule has 0 radical (unpaired) electrons. The maximum atomic E-state index is 12.8. The van der Waals surface area contributed by atoms with Gasteiger partial charge in [-0.15, -0.1) is 0 Å². The van der Waals surface area contributed by atoms with E-state index in [1.54, 1.807) is 13.2 Å². The molecular weight excluding hydrogens is 294 g/mol. The summed E-state index contributed by atoms with van der Waals surface area (Å²) in [7, 11) is 1.64. The molecule has 2 N–H and O–H groups in total. The van der Waals surface area contributed by atoms with Gasteiger partial charge in [0.05, 0.1) is 31.6 Å². The van der Waals surface area contributed by atoms with E-state index in [-0.39, 0.29) is 5.91 Å². The first-order valence-corrected chi connectivity index (χ1v) is 8.30. The highest BCUT2D eigenvalue weighted by Gasteiger charge is 2.24. The standard InChI is InChI=1S/C17H25N3O3/c1-22-16-12-14(18)13(17(21)20-7-9-23-10-8-20)11-15(16)19-5-3-2-4-6-19/h11-12H,2-10,18H2,1H3. The lowest BCUT2D eigenvalue weighted by Gasteiger charge is -2.31. The van der Waals surface area contributed by atoms with Gasteiger partial charge in [0.15, 0.2) is 0 Å². The lowest BCUT2D eigenvalue weighted by Crippen LogP contribution is -2.41. The average molecular weight is 319 g/mol. The third-order valence-electron chi connectivity index (χ3n) is 4.58. The Labute approximate surface area is 137 Å². The molecule has 23 heavy (non-hydrogen) atoms. The number of nitrogens with zero attached hydrogens (tertiary/aromatic N) is 2.